The Kier molecular flexibility index (Phi) is 3.62. The van der Waals surface area contributed by atoms with Gasteiger partial charge in [-0.1, -0.05) is 12.1 Å². The molecule has 1 aliphatic rings. The van der Waals surface area contributed by atoms with Gasteiger partial charge in [-0.15, -0.1) is 0 Å². The number of nitrogens with one attached hydrogen (secondary N) is 1. The maximum atomic E-state index is 5.46. The van der Waals surface area contributed by atoms with Crippen molar-refractivity contribution in [3.8, 4) is 5.75 Å². The van der Waals surface area contributed by atoms with E-state index in [-0.39, 0.29) is 0 Å². The maximum Gasteiger partial charge on any atom is 0.119 e. The van der Waals surface area contributed by atoms with Crippen LogP contribution in [0.3, 0.4) is 0 Å². The Bertz CT molecular complexity index is 307. The molecule has 2 nitrogen and oxygen atoms in total. The number of rotatable bonds is 6. The van der Waals surface area contributed by atoms with Crippen LogP contribution < -0.4 is 10.1 Å². The van der Waals surface area contributed by atoms with E-state index in [0.717, 1.165) is 24.8 Å². The Morgan fingerprint density at radius 3 is 3.00 bits per heavy atom. The van der Waals surface area contributed by atoms with E-state index in [0.29, 0.717) is 0 Å². The van der Waals surface area contributed by atoms with E-state index in [1.54, 1.807) is 0 Å². The minimum Gasteiger partial charge on any atom is -0.494 e. The summed E-state index contributed by atoms with van der Waals surface area (Å²) in [5.74, 6) is 1.92. The third-order valence-electron chi connectivity index (χ3n) is 2.67. The van der Waals surface area contributed by atoms with Gasteiger partial charge in [0.2, 0.25) is 0 Å². The summed E-state index contributed by atoms with van der Waals surface area (Å²) >= 11 is 0. The van der Waals surface area contributed by atoms with Gasteiger partial charge in [-0.2, -0.15) is 0 Å². The fraction of sp³-hybridized carbons (Fsp3) is 0.538. The van der Waals surface area contributed by atoms with Gasteiger partial charge < -0.3 is 10.1 Å². The molecule has 1 aromatic carbocycles. The normalized spacial score (nSPS) is 15.3. The summed E-state index contributed by atoms with van der Waals surface area (Å²) in [6, 6.07) is 8.32. The molecular weight excluding hydrogens is 186 g/mol. The van der Waals surface area contributed by atoms with Crippen molar-refractivity contribution in [3.05, 3.63) is 29.8 Å². The van der Waals surface area contributed by atoms with Crippen LogP contribution in [-0.4, -0.2) is 13.2 Å². The lowest BCUT2D eigenvalue weighted by Crippen LogP contribution is -2.16. The first-order chi connectivity index (χ1) is 7.38. The molecule has 0 unspecified atom stereocenters. The van der Waals surface area contributed by atoms with E-state index in [1.165, 1.54) is 24.9 Å². The standard InChI is InChI=1S/C13H19NO/c1-2-15-13-5-3-4-12(8-13)10-14-9-11-6-7-11/h3-5,8,11,14H,2,6-7,9-10H2,1H3. The maximum absolute atomic E-state index is 5.46. The number of benzene rings is 1. The average Bonchev–Trinajstić information content (AvgIpc) is 3.03. The highest BCUT2D eigenvalue weighted by molar-refractivity contribution is 5.28. The Morgan fingerprint density at radius 1 is 1.40 bits per heavy atom. The summed E-state index contributed by atoms with van der Waals surface area (Å²) in [7, 11) is 0. The molecule has 0 bridgehead atoms. The SMILES string of the molecule is CCOc1cccc(CNCC2CC2)c1. The third kappa shape index (κ3) is 3.56. The van der Waals surface area contributed by atoms with Crippen molar-refractivity contribution in [1.82, 2.24) is 5.32 Å². The van der Waals surface area contributed by atoms with Gasteiger partial charge in [0.25, 0.3) is 0 Å². The zero-order chi connectivity index (χ0) is 10.5. The van der Waals surface area contributed by atoms with Gasteiger partial charge in [0.1, 0.15) is 5.75 Å². The molecule has 0 aliphatic heterocycles. The highest BCUT2D eigenvalue weighted by atomic mass is 16.5. The van der Waals surface area contributed by atoms with Crippen LogP contribution in [0.2, 0.25) is 0 Å². The first-order valence-corrected chi connectivity index (χ1v) is 5.81. The van der Waals surface area contributed by atoms with Crippen LogP contribution in [-0.2, 0) is 6.54 Å². The Hall–Kier alpha value is -1.02. The van der Waals surface area contributed by atoms with Crippen molar-refractivity contribution in [2.75, 3.05) is 13.2 Å². The van der Waals surface area contributed by atoms with Crippen LogP contribution in [0.4, 0.5) is 0 Å². The van der Waals surface area contributed by atoms with Crippen LogP contribution in [0.5, 0.6) is 5.75 Å². The molecule has 0 aromatic heterocycles. The topological polar surface area (TPSA) is 21.3 Å². The van der Waals surface area contributed by atoms with Crippen LogP contribution in [0.25, 0.3) is 0 Å². The summed E-state index contributed by atoms with van der Waals surface area (Å²) in [5, 5.41) is 3.48. The highest BCUT2D eigenvalue weighted by Crippen LogP contribution is 2.27. The zero-order valence-corrected chi connectivity index (χ0v) is 9.33. The second-order valence-electron chi connectivity index (χ2n) is 4.15. The van der Waals surface area contributed by atoms with Crippen LogP contribution in [0.15, 0.2) is 24.3 Å². The number of ether oxygens (including phenoxy) is 1. The van der Waals surface area contributed by atoms with E-state index >= 15 is 0 Å². The molecule has 0 atom stereocenters. The first kappa shape index (κ1) is 10.5. The average molecular weight is 205 g/mol. The molecule has 15 heavy (non-hydrogen) atoms. The van der Waals surface area contributed by atoms with E-state index in [4.69, 9.17) is 4.74 Å². The number of hydrogen-bond acceptors (Lipinski definition) is 2. The van der Waals surface area contributed by atoms with E-state index in [2.05, 4.69) is 23.5 Å². The molecule has 1 aliphatic carbocycles. The van der Waals surface area contributed by atoms with Crippen LogP contribution >= 0.6 is 0 Å². The minimum absolute atomic E-state index is 0.735. The molecule has 2 rings (SSSR count). The monoisotopic (exact) mass is 205 g/mol. The molecule has 0 saturated heterocycles. The predicted molar refractivity (Wildman–Crippen MR) is 62.0 cm³/mol. The lowest BCUT2D eigenvalue weighted by Gasteiger charge is -2.07. The summed E-state index contributed by atoms with van der Waals surface area (Å²) < 4.78 is 5.46. The van der Waals surface area contributed by atoms with Gasteiger partial charge >= 0.3 is 0 Å². The molecule has 0 radical (unpaired) electrons. The molecule has 0 amide bonds. The van der Waals surface area contributed by atoms with Gasteiger partial charge in [-0.05, 0) is 49.9 Å². The lowest BCUT2D eigenvalue weighted by molar-refractivity contribution is 0.340. The fourth-order valence-electron chi connectivity index (χ4n) is 1.65. The van der Waals surface area contributed by atoms with Crippen molar-refractivity contribution in [2.24, 2.45) is 5.92 Å². The molecule has 0 spiro atoms. The van der Waals surface area contributed by atoms with Crippen LogP contribution in [0, 0.1) is 5.92 Å². The quantitative estimate of drug-likeness (QED) is 0.770. The summed E-state index contributed by atoms with van der Waals surface area (Å²) in [6.07, 6.45) is 2.82. The molecule has 1 saturated carbocycles. The largest absolute Gasteiger partial charge is 0.494 e. The van der Waals surface area contributed by atoms with Crippen molar-refractivity contribution in [1.29, 1.82) is 0 Å². The van der Waals surface area contributed by atoms with Gasteiger partial charge in [-0.25, -0.2) is 0 Å². The zero-order valence-electron chi connectivity index (χ0n) is 9.33. The molecule has 1 fully saturated rings. The Morgan fingerprint density at radius 2 is 2.27 bits per heavy atom. The summed E-state index contributed by atoms with van der Waals surface area (Å²) in [4.78, 5) is 0. The van der Waals surface area contributed by atoms with E-state index in [9.17, 15) is 0 Å². The van der Waals surface area contributed by atoms with Crippen molar-refractivity contribution < 1.29 is 4.74 Å². The van der Waals surface area contributed by atoms with E-state index in [1.807, 2.05) is 13.0 Å². The second kappa shape index (κ2) is 5.17. The van der Waals surface area contributed by atoms with E-state index < -0.39 is 0 Å². The third-order valence-corrected chi connectivity index (χ3v) is 2.67. The number of hydrogen-bond donors (Lipinski definition) is 1. The second-order valence-corrected chi connectivity index (χ2v) is 4.15. The molecule has 0 heterocycles. The van der Waals surface area contributed by atoms with Crippen LogP contribution in [0.1, 0.15) is 25.3 Å². The molecule has 1 aromatic rings. The molecule has 1 N–H and O–H groups in total. The smallest absolute Gasteiger partial charge is 0.119 e. The van der Waals surface area contributed by atoms with Gasteiger partial charge in [-0.3, -0.25) is 0 Å². The molecule has 2 heteroatoms. The lowest BCUT2D eigenvalue weighted by atomic mass is 10.2. The summed E-state index contributed by atoms with van der Waals surface area (Å²) in [5.41, 5.74) is 1.31. The Labute approximate surface area is 91.6 Å². The minimum atomic E-state index is 0.735. The molecular formula is C13H19NO. The molecule has 82 valence electrons. The van der Waals surface area contributed by atoms with Crippen molar-refractivity contribution in [2.45, 2.75) is 26.3 Å². The Balaban J connectivity index is 1.80. The summed E-state index contributed by atoms with van der Waals surface area (Å²) in [6.45, 7) is 4.87. The fourth-order valence-corrected chi connectivity index (χ4v) is 1.65. The van der Waals surface area contributed by atoms with Gasteiger partial charge in [0.05, 0.1) is 6.61 Å². The first-order valence-electron chi connectivity index (χ1n) is 5.81. The predicted octanol–water partition coefficient (Wildman–Crippen LogP) is 2.58. The highest BCUT2D eigenvalue weighted by Gasteiger charge is 2.19. The van der Waals surface area contributed by atoms with Crippen molar-refractivity contribution >= 4 is 0 Å². The van der Waals surface area contributed by atoms with Gasteiger partial charge in [0.15, 0.2) is 0 Å². The van der Waals surface area contributed by atoms with Gasteiger partial charge in [0, 0.05) is 6.54 Å². The van der Waals surface area contributed by atoms with Crippen molar-refractivity contribution in [3.63, 3.8) is 0 Å².